The molecule has 0 amide bonds. The van der Waals surface area contributed by atoms with Gasteiger partial charge in [0.1, 0.15) is 5.58 Å². The molecule has 0 aliphatic heterocycles. The molecular weight excluding hydrogens is 464 g/mol. The van der Waals surface area contributed by atoms with E-state index in [4.69, 9.17) is 4.42 Å². The molecule has 0 spiro atoms. The van der Waals surface area contributed by atoms with Gasteiger partial charge in [-0.15, -0.1) is 0 Å². The van der Waals surface area contributed by atoms with Crippen molar-refractivity contribution in [1.82, 2.24) is 8.97 Å². The van der Waals surface area contributed by atoms with Crippen LogP contribution in [0.3, 0.4) is 0 Å². The first-order valence-corrected chi connectivity index (χ1v) is 13.1. The standard InChI is InChI=1S/C35H20N2O/c1-36-27-14-7-11-22-23-12-6-13-24-25-17-16-19-8-2-3-9-20(19)32(25)37(33(23)24)28-18-26-21-10-4-5-15-29(21)38-35(26)34(36)31(28)30(22)27/h2-18H,1H3. The van der Waals surface area contributed by atoms with E-state index in [0.717, 1.165) is 27.5 Å². The first-order valence-electron chi connectivity index (χ1n) is 13.1. The Morgan fingerprint density at radius 3 is 2.11 bits per heavy atom. The van der Waals surface area contributed by atoms with Crippen LogP contribution in [0.15, 0.2) is 108 Å². The Labute approximate surface area is 216 Å². The van der Waals surface area contributed by atoms with E-state index in [0.29, 0.717) is 0 Å². The maximum atomic E-state index is 6.60. The monoisotopic (exact) mass is 484 g/mol. The summed E-state index contributed by atoms with van der Waals surface area (Å²) in [7, 11) is 2.18. The average Bonchev–Trinajstić information content (AvgIpc) is 3.58. The Hall–Kier alpha value is -5.02. The van der Waals surface area contributed by atoms with Gasteiger partial charge in [-0.25, -0.2) is 0 Å². The second-order valence-electron chi connectivity index (χ2n) is 10.6. The van der Waals surface area contributed by atoms with Gasteiger partial charge in [-0.05, 0) is 29.0 Å². The normalized spacial score (nSPS) is 12.9. The number of aromatic nitrogens is 2. The van der Waals surface area contributed by atoms with Gasteiger partial charge in [0, 0.05) is 55.7 Å². The summed E-state index contributed by atoms with van der Waals surface area (Å²) in [5.74, 6) is 0. The Bertz CT molecular complexity index is 2630. The number of rotatable bonds is 0. The number of fused-ring (bicyclic) bond motifs is 11. The van der Waals surface area contributed by atoms with Crippen molar-refractivity contribution in [2.75, 3.05) is 0 Å². The van der Waals surface area contributed by atoms with Crippen LogP contribution >= 0.6 is 0 Å². The van der Waals surface area contributed by atoms with Crippen molar-refractivity contribution >= 4 is 92.6 Å². The molecule has 10 rings (SSSR count). The molecule has 38 heavy (non-hydrogen) atoms. The topological polar surface area (TPSA) is 22.5 Å². The average molecular weight is 485 g/mol. The molecule has 4 heterocycles. The number of benzene rings is 6. The fourth-order valence-corrected chi connectivity index (χ4v) is 7.28. The van der Waals surface area contributed by atoms with Gasteiger partial charge in [-0.1, -0.05) is 84.9 Å². The lowest BCUT2D eigenvalue weighted by Gasteiger charge is -2.06. The lowest BCUT2D eigenvalue weighted by atomic mass is 10.0. The molecule has 176 valence electrons. The predicted octanol–water partition coefficient (Wildman–Crippen LogP) is 9.53. The molecule has 6 aromatic carbocycles. The van der Waals surface area contributed by atoms with Crippen molar-refractivity contribution in [3.63, 3.8) is 0 Å². The Morgan fingerprint density at radius 1 is 0.500 bits per heavy atom. The molecule has 0 atom stereocenters. The smallest absolute Gasteiger partial charge is 0.159 e. The molecule has 0 saturated heterocycles. The maximum Gasteiger partial charge on any atom is 0.159 e. The van der Waals surface area contributed by atoms with E-state index in [1.54, 1.807) is 0 Å². The third-order valence-electron chi connectivity index (χ3n) is 8.82. The Morgan fingerprint density at radius 2 is 1.18 bits per heavy atom. The Kier molecular flexibility index (Phi) is 3.16. The lowest BCUT2D eigenvalue weighted by Crippen LogP contribution is -1.90. The van der Waals surface area contributed by atoms with Gasteiger partial charge < -0.3 is 13.4 Å². The second-order valence-corrected chi connectivity index (χ2v) is 10.6. The summed E-state index contributed by atoms with van der Waals surface area (Å²) in [6.07, 6.45) is 0. The van der Waals surface area contributed by atoms with E-state index >= 15 is 0 Å². The molecule has 0 fully saturated rings. The number of hydrogen-bond acceptors (Lipinski definition) is 1. The number of para-hydroxylation sites is 2. The van der Waals surface area contributed by atoms with Gasteiger partial charge in [-0.3, -0.25) is 0 Å². The van der Waals surface area contributed by atoms with E-state index in [1.165, 1.54) is 65.2 Å². The molecule has 0 saturated carbocycles. The molecule has 0 bridgehead atoms. The van der Waals surface area contributed by atoms with Crippen molar-refractivity contribution in [2.24, 2.45) is 7.05 Å². The summed E-state index contributed by atoms with van der Waals surface area (Å²) in [6, 6.07) is 37.6. The molecule has 10 aromatic rings. The third kappa shape index (κ3) is 2.00. The minimum atomic E-state index is 0.928. The SMILES string of the molecule is Cn1c2cccc3c4cccc5c6ccc7ccccc7c6n(c6cc7c8ccccc8oc7c1c6c32)c45. The zero-order chi connectivity index (χ0) is 24.7. The van der Waals surface area contributed by atoms with Crippen molar-refractivity contribution < 1.29 is 4.42 Å². The summed E-state index contributed by atoms with van der Waals surface area (Å²) in [4.78, 5) is 0. The van der Waals surface area contributed by atoms with Crippen molar-refractivity contribution in [1.29, 1.82) is 0 Å². The molecule has 3 nitrogen and oxygen atoms in total. The van der Waals surface area contributed by atoms with Gasteiger partial charge in [0.15, 0.2) is 5.58 Å². The van der Waals surface area contributed by atoms with Gasteiger partial charge in [0.25, 0.3) is 0 Å². The number of furan rings is 1. The van der Waals surface area contributed by atoms with Crippen LogP contribution in [0.5, 0.6) is 0 Å². The van der Waals surface area contributed by atoms with Gasteiger partial charge in [0.05, 0.1) is 22.1 Å². The highest BCUT2D eigenvalue weighted by molar-refractivity contribution is 6.35. The summed E-state index contributed by atoms with van der Waals surface area (Å²) in [6.45, 7) is 0. The molecule has 0 unspecified atom stereocenters. The number of aryl methyl sites for hydroxylation is 1. The van der Waals surface area contributed by atoms with E-state index < -0.39 is 0 Å². The fraction of sp³-hybridized carbons (Fsp3) is 0.0286. The highest BCUT2D eigenvalue weighted by Crippen LogP contribution is 2.47. The first-order chi connectivity index (χ1) is 18.8. The molecular formula is C35H20N2O. The van der Waals surface area contributed by atoms with Crippen LogP contribution in [0.2, 0.25) is 0 Å². The van der Waals surface area contributed by atoms with Gasteiger partial charge in [0.2, 0.25) is 0 Å². The predicted molar refractivity (Wildman–Crippen MR) is 160 cm³/mol. The van der Waals surface area contributed by atoms with Gasteiger partial charge >= 0.3 is 0 Å². The first kappa shape index (κ1) is 19.1. The summed E-state index contributed by atoms with van der Waals surface area (Å²) >= 11 is 0. The van der Waals surface area contributed by atoms with Crippen LogP contribution in [0.1, 0.15) is 0 Å². The van der Waals surface area contributed by atoms with Crippen molar-refractivity contribution in [3.8, 4) is 0 Å². The maximum absolute atomic E-state index is 6.60. The minimum absolute atomic E-state index is 0.928. The van der Waals surface area contributed by atoms with Crippen LogP contribution in [-0.4, -0.2) is 8.97 Å². The summed E-state index contributed by atoms with van der Waals surface area (Å²) in [5.41, 5.74) is 8.03. The summed E-state index contributed by atoms with van der Waals surface area (Å²) in [5, 5.41) is 12.5. The summed E-state index contributed by atoms with van der Waals surface area (Å²) < 4.78 is 11.5. The highest BCUT2D eigenvalue weighted by Gasteiger charge is 2.24. The second kappa shape index (κ2) is 6.27. The Balaban J connectivity index is 1.70. The molecule has 0 aliphatic carbocycles. The minimum Gasteiger partial charge on any atom is -0.454 e. The highest BCUT2D eigenvalue weighted by atomic mass is 16.3. The fourth-order valence-electron chi connectivity index (χ4n) is 7.28. The van der Waals surface area contributed by atoms with Crippen molar-refractivity contribution in [2.45, 2.75) is 0 Å². The lowest BCUT2D eigenvalue weighted by molar-refractivity contribution is 0.670. The van der Waals surface area contributed by atoms with Crippen LogP contribution in [0.4, 0.5) is 0 Å². The molecule has 3 heteroatoms. The van der Waals surface area contributed by atoms with E-state index in [1.807, 2.05) is 0 Å². The van der Waals surface area contributed by atoms with Crippen LogP contribution in [0, 0.1) is 0 Å². The van der Waals surface area contributed by atoms with Crippen molar-refractivity contribution in [3.05, 3.63) is 103 Å². The molecule has 0 N–H and O–H groups in total. The number of nitrogens with zero attached hydrogens (tertiary/aromatic N) is 2. The zero-order valence-electron chi connectivity index (χ0n) is 20.6. The van der Waals surface area contributed by atoms with Crippen LogP contribution in [-0.2, 0) is 7.05 Å². The van der Waals surface area contributed by atoms with Crippen LogP contribution in [0.25, 0.3) is 92.6 Å². The van der Waals surface area contributed by atoms with E-state index in [9.17, 15) is 0 Å². The largest absolute Gasteiger partial charge is 0.454 e. The zero-order valence-corrected chi connectivity index (χ0v) is 20.6. The third-order valence-corrected chi connectivity index (χ3v) is 8.82. The van der Waals surface area contributed by atoms with Gasteiger partial charge in [-0.2, -0.15) is 0 Å². The molecule has 4 aromatic heterocycles. The number of hydrogen-bond donors (Lipinski definition) is 0. The molecule has 0 radical (unpaired) electrons. The van der Waals surface area contributed by atoms with E-state index in [-0.39, 0.29) is 0 Å². The molecule has 0 aliphatic rings. The van der Waals surface area contributed by atoms with Crippen LogP contribution < -0.4 is 0 Å². The van der Waals surface area contributed by atoms with E-state index in [2.05, 4.69) is 119 Å². The quantitative estimate of drug-likeness (QED) is 0.210.